The SMILES string of the molecule is C[C@@H]1CNCC[C@H]1N1C(=O)Cc2ccccc21. The van der Waals surface area contributed by atoms with Crippen molar-refractivity contribution in [2.75, 3.05) is 18.0 Å². The van der Waals surface area contributed by atoms with Gasteiger partial charge >= 0.3 is 0 Å². The third-order valence-corrected chi connectivity index (χ3v) is 3.93. The maximum atomic E-state index is 12.2. The molecule has 3 rings (SSSR count). The number of benzene rings is 1. The summed E-state index contributed by atoms with van der Waals surface area (Å²) in [5, 5.41) is 3.39. The molecule has 3 heteroatoms. The van der Waals surface area contributed by atoms with Crippen LogP contribution in [0.3, 0.4) is 0 Å². The molecule has 2 atom stereocenters. The van der Waals surface area contributed by atoms with Crippen molar-refractivity contribution >= 4 is 11.6 Å². The Balaban J connectivity index is 1.94. The van der Waals surface area contributed by atoms with Crippen molar-refractivity contribution in [1.29, 1.82) is 0 Å². The number of rotatable bonds is 1. The zero-order chi connectivity index (χ0) is 11.8. The summed E-state index contributed by atoms with van der Waals surface area (Å²) < 4.78 is 0. The lowest BCUT2D eigenvalue weighted by Crippen LogP contribution is -2.50. The fourth-order valence-electron chi connectivity index (χ4n) is 3.03. The highest BCUT2D eigenvalue weighted by atomic mass is 16.2. The number of carbonyl (C=O) groups excluding carboxylic acids is 1. The molecule has 1 amide bonds. The molecule has 2 heterocycles. The first-order valence-corrected chi connectivity index (χ1v) is 6.38. The van der Waals surface area contributed by atoms with Crippen LogP contribution in [0.1, 0.15) is 18.9 Å². The molecule has 0 saturated carbocycles. The van der Waals surface area contributed by atoms with E-state index in [1.54, 1.807) is 0 Å². The highest BCUT2D eigenvalue weighted by molar-refractivity contribution is 6.01. The maximum Gasteiger partial charge on any atom is 0.231 e. The van der Waals surface area contributed by atoms with E-state index in [-0.39, 0.29) is 5.91 Å². The zero-order valence-corrected chi connectivity index (χ0v) is 10.1. The van der Waals surface area contributed by atoms with Gasteiger partial charge in [-0.25, -0.2) is 0 Å². The molecule has 2 aliphatic heterocycles. The van der Waals surface area contributed by atoms with Crippen LogP contribution in [0.25, 0.3) is 0 Å². The fraction of sp³-hybridized carbons (Fsp3) is 0.500. The summed E-state index contributed by atoms with van der Waals surface area (Å²) in [7, 11) is 0. The summed E-state index contributed by atoms with van der Waals surface area (Å²) in [6, 6.07) is 8.55. The normalized spacial score (nSPS) is 28.3. The van der Waals surface area contributed by atoms with Crippen molar-refractivity contribution in [3.05, 3.63) is 29.8 Å². The van der Waals surface area contributed by atoms with Crippen LogP contribution in [-0.2, 0) is 11.2 Å². The first-order chi connectivity index (χ1) is 8.27. The van der Waals surface area contributed by atoms with Crippen LogP contribution in [0.15, 0.2) is 24.3 Å². The number of amides is 1. The van der Waals surface area contributed by atoms with E-state index < -0.39 is 0 Å². The molecule has 0 radical (unpaired) electrons. The lowest BCUT2D eigenvalue weighted by molar-refractivity contribution is -0.118. The summed E-state index contributed by atoms with van der Waals surface area (Å²) in [5.74, 6) is 0.795. The van der Waals surface area contributed by atoms with Gasteiger partial charge in [-0.1, -0.05) is 25.1 Å². The molecule has 0 spiro atoms. The average Bonchev–Trinajstić information content (AvgIpc) is 2.66. The minimum Gasteiger partial charge on any atom is -0.316 e. The predicted octanol–water partition coefficient (Wildman–Crippen LogP) is 1.57. The smallest absolute Gasteiger partial charge is 0.231 e. The summed E-state index contributed by atoms with van der Waals surface area (Å²) >= 11 is 0. The second-order valence-electron chi connectivity index (χ2n) is 5.11. The Morgan fingerprint density at radius 3 is 3.00 bits per heavy atom. The van der Waals surface area contributed by atoms with Crippen molar-refractivity contribution in [2.45, 2.75) is 25.8 Å². The fourth-order valence-corrected chi connectivity index (χ4v) is 3.03. The Hall–Kier alpha value is -1.35. The van der Waals surface area contributed by atoms with Crippen molar-refractivity contribution < 1.29 is 4.79 Å². The highest BCUT2D eigenvalue weighted by Gasteiger charge is 2.36. The molecule has 1 fully saturated rings. The Labute approximate surface area is 102 Å². The molecule has 3 nitrogen and oxygen atoms in total. The molecule has 0 unspecified atom stereocenters. The molecule has 1 aromatic rings. The molecule has 0 aliphatic carbocycles. The first-order valence-electron chi connectivity index (χ1n) is 6.38. The minimum absolute atomic E-state index is 0.268. The van der Waals surface area contributed by atoms with Gasteiger partial charge in [0.1, 0.15) is 0 Å². The Bertz CT molecular complexity index is 444. The standard InChI is InChI=1S/C14H18N2O/c1-10-9-15-7-6-12(10)16-13-5-3-2-4-11(13)8-14(16)17/h2-5,10,12,15H,6-9H2,1H3/t10-,12-/m1/s1. The Morgan fingerprint density at radius 2 is 2.18 bits per heavy atom. The Kier molecular flexibility index (Phi) is 2.63. The van der Waals surface area contributed by atoms with E-state index in [9.17, 15) is 4.79 Å². The van der Waals surface area contributed by atoms with E-state index >= 15 is 0 Å². The predicted molar refractivity (Wildman–Crippen MR) is 68.1 cm³/mol. The van der Waals surface area contributed by atoms with Gasteiger partial charge in [0.05, 0.1) is 6.42 Å². The number of anilines is 1. The van der Waals surface area contributed by atoms with Crippen LogP contribution in [-0.4, -0.2) is 25.0 Å². The molecule has 1 N–H and O–H groups in total. The van der Waals surface area contributed by atoms with Crippen molar-refractivity contribution in [2.24, 2.45) is 5.92 Å². The molecule has 0 aromatic heterocycles. The summed E-state index contributed by atoms with van der Waals surface area (Å²) in [6.45, 7) is 4.25. The number of nitrogens with zero attached hydrogens (tertiary/aromatic N) is 1. The number of carbonyl (C=O) groups is 1. The molecular weight excluding hydrogens is 212 g/mol. The lowest BCUT2D eigenvalue weighted by Gasteiger charge is -2.37. The van der Waals surface area contributed by atoms with E-state index in [4.69, 9.17) is 0 Å². The maximum absolute atomic E-state index is 12.2. The second kappa shape index (κ2) is 4.15. The molecule has 1 aromatic carbocycles. The van der Waals surface area contributed by atoms with Crippen LogP contribution in [0, 0.1) is 5.92 Å². The van der Waals surface area contributed by atoms with E-state index in [1.807, 2.05) is 17.0 Å². The van der Waals surface area contributed by atoms with Gasteiger partial charge in [0, 0.05) is 11.7 Å². The largest absolute Gasteiger partial charge is 0.316 e. The van der Waals surface area contributed by atoms with Gasteiger partial charge in [0.15, 0.2) is 0 Å². The number of hydrogen-bond donors (Lipinski definition) is 1. The number of para-hydroxylation sites is 1. The molecule has 2 aliphatic rings. The van der Waals surface area contributed by atoms with Crippen LogP contribution in [0.2, 0.25) is 0 Å². The van der Waals surface area contributed by atoms with Crippen LogP contribution >= 0.6 is 0 Å². The second-order valence-corrected chi connectivity index (χ2v) is 5.11. The molecular formula is C14H18N2O. The average molecular weight is 230 g/mol. The molecule has 17 heavy (non-hydrogen) atoms. The number of piperidine rings is 1. The molecule has 1 saturated heterocycles. The van der Waals surface area contributed by atoms with Gasteiger partial charge in [0.25, 0.3) is 0 Å². The third kappa shape index (κ3) is 1.75. The van der Waals surface area contributed by atoms with Gasteiger partial charge in [0.2, 0.25) is 5.91 Å². The van der Waals surface area contributed by atoms with E-state index in [1.165, 1.54) is 5.56 Å². The van der Waals surface area contributed by atoms with Crippen LogP contribution < -0.4 is 10.2 Å². The van der Waals surface area contributed by atoms with Crippen molar-refractivity contribution in [1.82, 2.24) is 5.32 Å². The van der Waals surface area contributed by atoms with Gasteiger partial charge in [-0.05, 0) is 37.1 Å². The van der Waals surface area contributed by atoms with Crippen molar-refractivity contribution in [3.8, 4) is 0 Å². The molecule has 90 valence electrons. The number of fused-ring (bicyclic) bond motifs is 1. The van der Waals surface area contributed by atoms with Crippen LogP contribution in [0.4, 0.5) is 5.69 Å². The highest BCUT2D eigenvalue weighted by Crippen LogP contribution is 2.33. The van der Waals surface area contributed by atoms with E-state index in [0.717, 1.165) is 25.2 Å². The van der Waals surface area contributed by atoms with E-state index in [2.05, 4.69) is 24.4 Å². The van der Waals surface area contributed by atoms with Gasteiger partial charge < -0.3 is 10.2 Å². The third-order valence-electron chi connectivity index (χ3n) is 3.93. The lowest BCUT2D eigenvalue weighted by atomic mass is 9.93. The summed E-state index contributed by atoms with van der Waals surface area (Å²) in [5.41, 5.74) is 2.32. The minimum atomic E-state index is 0.268. The topological polar surface area (TPSA) is 32.3 Å². The number of hydrogen-bond acceptors (Lipinski definition) is 2. The monoisotopic (exact) mass is 230 g/mol. The number of nitrogens with one attached hydrogen (secondary N) is 1. The summed E-state index contributed by atoms with van der Waals surface area (Å²) in [6.07, 6.45) is 1.63. The van der Waals surface area contributed by atoms with Crippen LogP contribution in [0.5, 0.6) is 0 Å². The van der Waals surface area contributed by atoms with Gasteiger partial charge in [-0.15, -0.1) is 0 Å². The first kappa shape index (κ1) is 10.8. The molecule has 0 bridgehead atoms. The summed E-state index contributed by atoms with van der Waals surface area (Å²) in [4.78, 5) is 14.2. The Morgan fingerprint density at radius 1 is 1.35 bits per heavy atom. The zero-order valence-electron chi connectivity index (χ0n) is 10.1. The van der Waals surface area contributed by atoms with E-state index in [0.29, 0.717) is 18.4 Å². The van der Waals surface area contributed by atoms with Gasteiger partial charge in [-0.2, -0.15) is 0 Å². The van der Waals surface area contributed by atoms with Gasteiger partial charge in [-0.3, -0.25) is 4.79 Å². The quantitative estimate of drug-likeness (QED) is 0.794. The van der Waals surface area contributed by atoms with Crippen molar-refractivity contribution in [3.63, 3.8) is 0 Å².